The first kappa shape index (κ1) is 12.8. The van der Waals surface area contributed by atoms with Crippen molar-refractivity contribution < 1.29 is 17.6 Å². The second kappa shape index (κ2) is 4.74. The molecule has 3 nitrogen and oxygen atoms in total. The Bertz CT molecular complexity index is 506. The van der Waals surface area contributed by atoms with Crippen LogP contribution < -0.4 is 0 Å². The van der Waals surface area contributed by atoms with Crippen molar-refractivity contribution in [2.45, 2.75) is 18.2 Å². The number of halogens is 1. The minimum absolute atomic E-state index is 0.0397. The van der Waals surface area contributed by atoms with Gasteiger partial charge in [-0.15, -0.1) is 0 Å². The zero-order chi connectivity index (χ0) is 12.3. The van der Waals surface area contributed by atoms with Gasteiger partial charge in [0.25, 0.3) is 0 Å². The van der Waals surface area contributed by atoms with Crippen LogP contribution in [0.25, 0.3) is 0 Å². The summed E-state index contributed by atoms with van der Waals surface area (Å²) in [5, 5.41) is 0. The monoisotopic (exact) mass is 244 g/mol. The lowest BCUT2D eigenvalue weighted by atomic mass is 10.1. The van der Waals surface area contributed by atoms with Crippen LogP contribution in [0.4, 0.5) is 4.39 Å². The van der Waals surface area contributed by atoms with Gasteiger partial charge in [-0.05, 0) is 18.6 Å². The molecule has 0 saturated carbocycles. The summed E-state index contributed by atoms with van der Waals surface area (Å²) in [6.07, 6.45) is 1.09. The lowest BCUT2D eigenvalue weighted by Crippen LogP contribution is -2.05. The van der Waals surface area contributed by atoms with Gasteiger partial charge < -0.3 is 0 Å². The average Bonchev–Trinajstić information content (AvgIpc) is 2.16. The fourth-order valence-corrected chi connectivity index (χ4v) is 2.41. The van der Waals surface area contributed by atoms with Gasteiger partial charge in [-0.25, -0.2) is 8.42 Å². The highest BCUT2D eigenvalue weighted by Crippen LogP contribution is 2.19. The van der Waals surface area contributed by atoms with Gasteiger partial charge in [0.15, 0.2) is 15.6 Å². The number of carbonyl (C=O) groups is 1. The maximum atomic E-state index is 12.2. The SMILES string of the molecule is CC(=O)c1ccc(CCF)c(S(C)(=O)=O)c1. The molecule has 0 atom stereocenters. The summed E-state index contributed by atoms with van der Waals surface area (Å²) in [6, 6.07) is 4.32. The van der Waals surface area contributed by atoms with E-state index in [1.807, 2.05) is 0 Å². The second-order valence-electron chi connectivity index (χ2n) is 3.59. The van der Waals surface area contributed by atoms with Gasteiger partial charge in [0, 0.05) is 18.2 Å². The van der Waals surface area contributed by atoms with Gasteiger partial charge in [0.1, 0.15) is 0 Å². The van der Waals surface area contributed by atoms with Crippen molar-refractivity contribution in [1.82, 2.24) is 0 Å². The van der Waals surface area contributed by atoms with Crippen LogP contribution in [-0.2, 0) is 16.3 Å². The molecule has 0 N–H and O–H groups in total. The summed E-state index contributed by atoms with van der Waals surface area (Å²) in [6.45, 7) is 0.734. The highest BCUT2D eigenvalue weighted by Gasteiger charge is 2.15. The third kappa shape index (κ3) is 2.88. The molecular weight excluding hydrogens is 231 g/mol. The molecule has 1 rings (SSSR count). The van der Waals surface area contributed by atoms with E-state index in [0.717, 1.165) is 6.26 Å². The van der Waals surface area contributed by atoms with Crippen LogP contribution in [-0.4, -0.2) is 27.1 Å². The molecule has 0 amide bonds. The van der Waals surface area contributed by atoms with E-state index in [9.17, 15) is 17.6 Å². The van der Waals surface area contributed by atoms with E-state index in [0.29, 0.717) is 11.1 Å². The Morgan fingerprint density at radius 2 is 2.00 bits per heavy atom. The summed E-state index contributed by atoms with van der Waals surface area (Å²) < 4.78 is 35.2. The summed E-state index contributed by atoms with van der Waals surface area (Å²) >= 11 is 0. The topological polar surface area (TPSA) is 51.2 Å². The Morgan fingerprint density at radius 1 is 1.38 bits per heavy atom. The molecular formula is C11H13FO3S. The van der Waals surface area contributed by atoms with Crippen molar-refractivity contribution in [3.8, 4) is 0 Å². The molecule has 0 unspecified atom stereocenters. The first-order chi connectivity index (χ1) is 7.36. The molecule has 1 aromatic rings. The van der Waals surface area contributed by atoms with Crippen LogP contribution >= 0.6 is 0 Å². The maximum Gasteiger partial charge on any atom is 0.175 e. The van der Waals surface area contributed by atoms with Crippen molar-refractivity contribution in [2.75, 3.05) is 12.9 Å². The molecule has 0 aromatic heterocycles. The third-order valence-corrected chi connectivity index (χ3v) is 3.42. The Balaban J connectivity index is 3.39. The Morgan fingerprint density at radius 3 is 2.44 bits per heavy atom. The van der Waals surface area contributed by atoms with E-state index in [1.165, 1.54) is 25.1 Å². The summed E-state index contributed by atoms with van der Waals surface area (Å²) in [5.41, 5.74) is 0.734. The fourth-order valence-electron chi connectivity index (χ4n) is 1.43. The standard InChI is InChI=1S/C11H13FO3S/c1-8(13)10-4-3-9(5-6-12)11(7-10)16(2,14)15/h3-4,7H,5-6H2,1-2H3. The lowest BCUT2D eigenvalue weighted by Gasteiger charge is -2.07. The largest absolute Gasteiger partial charge is 0.295 e. The number of ketones is 1. The van der Waals surface area contributed by atoms with Gasteiger partial charge in [0.05, 0.1) is 11.6 Å². The minimum atomic E-state index is -3.43. The first-order valence-corrected chi connectivity index (χ1v) is 6.65. The van der Waals surface area contributed by atoms with Crippen LogP contribution in [0, 0.1) is 0 Å². The Hall–Kier alpha value is -1.23. The number of benzene rings is 1. The fraction of sp³-hybridized carbons (Fsp3) is 0.364. The van der Waals surface area contributed by atoms with Gasteiger partial charge >= 0.3 is 0 Å². The Labute approximate surface area is 94.2 Å². The van der Waals surface area contributed by atoms with Gasteiger partial charge in [0.2, 0.25) is 0 Å². The highest BCUT2D eigenvalue weighted by atomic mass is 32.2. The molecule has 5 heteroatoms. The summed E-state index contributed by atoms with van der Waals surface area (Å²) in [7, 11) is -3.43. The zero-order valence-electron chi connectivity index (χ0n) is 9.16. The van der Waals surface area contributed by atoms with Crippen LogP contribution in [0.5, 0.6) is 0 Å². The molecule has 88 valence electrons. The number of sulfone groups is 1. The number of hydrogen-bond acceptors (Lipinski definition) is 3. The van der Waals surface area contributed by atoms with E-state index >= 15 is 0 Å². The van der Waals surface area contributed by atoms with Crippen molar-refractivity contribution in [3.63, 3.8) is 0 Å². The predicted molar refractivity (Wildman–Crippen MR) is 59.2 cm³/mol. The van der Waals surface area contributed by atoms with Crippen molar-refractivity contribution >= 4 is 15.6 Å². The second-order valence-corrected chi connectivity index (χ2v) is 5.57. The number of rotatable bonds is 4. The van der Waals surface area contributed by atoms with Crippen LogP contribution in [0.1, 0.15) is 22.8 Å². The van der Waals surface area contributed by atoms with Gasteiger partial charge in [-0.2, -0.15) is 0 Å². The molecule has 0 aliphatic heterocycles. The lowest BCUT2D eigenvalue weighted by molar-refractivity contribution is 0.101. The van der Waals surface area contributed by atoms with Gasteiger partial charge in [-0.3, -0.25) is 9.18 Å². The van der Waals surface area contributed by atoms with Crippen LogP contribution in [0.2, 0.25) is 0 Å². The number of hydrogen-bond donors (Lipinski definition) is 0. The maximum absolute atomic E-state index is 12.2. The molecule has 0 heterocycles. The van der Waals surface area contributed by atoms with E-state index in [1.54, 1.807) is 0 Å². The average molecular weight is 244 g/mol. The molecule has 16 heavy (non-hydrogen) atoms. The van der Waals surface area contributed by atoms with E-state index < -0.39 is 16.5 Å². The molecule has 0 bridgehead atoms. The number of aryl methyl sites for hydroxylation is 1. The van der Waals surface area contributed by atoms with Crippen LogP contribution in [0.15, 0.2) is 23.1 Å². The van der Waals surface area contributed by atoms with E-state index in [4.69, 9.17) is 0 Å². The Kier molecular flexibility index (Phi) is 3.80. The predicted octanol–water partition coefficient (Wildman–Crippen LogP) is 1.80. The summed E-state index contributed by atoms with van der Waals surface area (Å²) in [5.74, 6) is -0.211. The first-order valence-electron chi connectivity index (χ1n) is 4.76. The van der Waals surface area contributed by atoms with Crippen molar-refractivity contribution in [3.05, 3.63) is 29.3 Å². The molecule has 0 saturated heterocycles. The van der Waals surface area contributed by atoms with E-state index in [-0.39, 0.29) is 17.1 Å². The molecule has 0 fully saturated rings. The molecule has 0 aliphatic carbocycles. The molecule has 0 spiro atoms. The smallest absolute Gasteiger partial charge is 0.175 e. The quantitative estimate of drug-likeness (QED) is 0.759. The van der Waals surface area contributed by atoms with Gasteiger partial charge in [-0.1, -0.05) is 12.1 Å². The zero-order valence-corrected chi connectivity index (χ0v) is 9.97. The normalized spacial score (nSPS) is 11.4. The minimum Gasteiger partial charge on any atom is -0.295 e. The third-order valence-electron chi connectivity index (χ3n) is 2.24. The number of alkyl halides is 1. The summed E-state index contributed by atoms with van der Waals surface area (Å²) in [4.78, 5) is 11.2. The van der Waals surface area contributed by atoms with Crippen LogP contribution in [0.3, 0.4) is 0 Å². The number of carbonyl (C=O) groups excluding carboxylic acids is 1. The van der Waals surface area contributed by atoms with E-state index in [2.05, 4.69) is 0 Å². The van der Waals surface area contributed by atoms with Crippen molar-refractivity contribution in [1.29, 1.82) is 0 Å². The molecule has 0 aliphatic rings. The molecule has 0 radical (unpaired) electrons. The highest BCUT2D eigenvalue weighted by molar-refractivity contribution is 7.90. The molecule has 1 aromatic carbocycles. The van der Waals surface area contributed by atoms with Crippen molar-refractivity contribution in [2.24, 2.45) is 0 Å². The number of Topliss-reactive ketones (excluding diaryl/α,β-unsaturated/α-hetero) is 1.